The maximum absolute atomic E-state index is 12.7. The van der Waals surface area contributed by atoms with E-state index in [9.17, 15) is 4.79 Å². The molecule has 1 heterocycles. The first-order valence-electron chi connectivity index (χ1n) is 10.7. The van der Waals surface area contributed by atoms with Crippen molar-refractivity contribution < 1.29 is 9.53 Å². The largest absolute Gasteiger partial charge is 0.406 e. The minimum atomic E-state index is -0.176. The third-order valence-electron chi connectivity index (χ3n) is 5.65. The number of para-hydroxylation sites is 1. The minimum Gasteiger partial charge on any atom is -0.406 e. The standard InChI is InChI=1S/C25H28N2O2S/c1-18-12-15-22(16-13-18)30-24-19(2)26-27(21-10-4-3-5-11-21)25(24)29-23(28)17-14-20-8-6-7-9-20/h3-5,10-13,15-16,20H,6-9,14,17H2,1-2H3. The van der Waals surface area contributed by atoms with Gasteiger partial charge in [-0.25, -0.2) is 0 Å². The van der Waals surface area contributed by atoms with Crippen molar-refractivity contribution in [3.05, 3.63) is 65.9 Å². The lowest BCUT2D eigenvalue weighted by atomic mass is 10.0. The molecule has 3 aromatic rings. The number of hydrogen-bond donors (Lipinski definition) is 0. The van der Waals surface area contributed by atoms with E-state index < -0.39 is 0 Å². The molecule has 0 atom stereocenters. The Hall–Kier alpha value is -2.53. The van der Waals surface area contributed by atoms with Crippen LogP contribution in [-0.2, 0) is 4.79 Å². The van der Waals surface area contributed by atoms with Crippen LogP contribution in [0.5, 0.6) is 5.88 Å². The molecule has 0 N–H and O–H groups in total. The monoisotopic (exact) mass is 420 g/mol. The number of esters is 1. The van der Waals surface area contributed by atoms with Crippen LogP contribution in [0.25, 0.3) is 5.69 Å². The molecule has 1 aliphatic carbocycles. The molecule has 1 aromatic heterocycles. The van der Waals surface area contributed by atoms with Gasteiger partial charge in [-0.1, -0.05) is 73.3 Å². The summed E-state index contributed by atoms with van der Waals surface area (Å²) in [4.78, 5) is 14.7. The predicted molar refractivity (Wildman–Crippen MR) is 120 cm³/mol. The van der Waals surface area contributed by atoms with E-state index in [1.807, 2.05) is 37.3 Å². The minimum absolute atomic E-state index is 0.176. The lowest BCUT2D eigenvalue weighted by molar-refractivity contribution is -0.135. The fraction of sp³-hybridized carbons (Fsp3) is 0.360. The van der Waals surface area contributed by atoms with Crippen molar-refractivity contribution in [3.63, 3.8) is 0 Å². The highest BCUT2D eigenvalue weighted by Crippen LogP contribution is 2.39. The predicted octanol–water partition coefficient (Wildman–Crippen LogP) is 6.52. The van der Waals surface area contributed by atoms with Crippen LogP contribution in [0.1, 0.15) is 49.8 Å². The summed E-state index contributed by atoms with van der Waals surface area (Å²) in [6, 6.07) is 18.2. The van der Waals surface area contributed by atoms with Crippen molar-refractivity contribution in [2.75, 3.05) is 0 Å². The molecular weight excluding hydrogens is 392 g/mol. The van der Waals surface area contributed by atoms with Crippen LogP contribution in [0, 0.1) is 19.8 Å². The van der Waals surface area contributed by atoms with Crippen molar-refractivity contribution in [1.82, 2.24) is 9.78 Å². The quantitative estimate of drug-likeness (QED) is 0.408. The Bertz CT molecular complexity index is 990. The molecule has 1 aliphatic rings. The third kappa shape index (κ3) is 4.96. The van der Waals surface area contributed by atoms with E-state index in [2.05, 4.69) is 31.2 Å². The Labute approximate surface area is 182 Å². The van der Waals surface area contributed by atoms with Crippen molar-refractivity contribution in [2.45, 2.75) is 62.2 Å². The molecule has 0 aliphatic heterocycles. The fourth-order valence-electron chi connectivity index (χ4n) is 3.95. The van der Waals surface area contributed by atoms with Gasteiger partial charge in [-0.15, -0.1) is 0 Å². The van der Waals surface area contributed by atoms with Crippen molar-refractivity contribution in [2.24, 2.45) is 5.92 Å². The van der Waals surface area contributed by atoms with Gasteiger partial charge in [0, 0.05) is 11.3 Å². The van der Waals surface area contributed by atoms with Crippen LogP contribution in [0.15, 0.2) is 64.4 Å². The summed E-state index contributed by atoms with van der Waals surface area (Å²) in [5.74, 6) is 1.00. The maximum Gasteiger partial charge on any atom is 0.312 e. The summed E-state index contributed by atoms with van der Waals surface area (Å²) in [6.07, 6.45) is 6.43. The Kier molecular flexibility index (Phi) is 6.58. The summed E-state index contributed by atoms with van der Waals surface area (Å²) < 4.78 is 7.70. The second kappa shape index (κ2) is 9.52. The van der Waals surface area contributed by atoms with Gasteiger partial charge in [-0.05, 0) is 50.5 Å². The Morgan fingerprint density at radius 3 is 2.47 bits per heavy atom. The van der Waals surface area contributed by atoms with E-state index in [0.717, 1.165) is 27.6 Å². The van der Waals surface area contributed by atoms with Crippen molar-refractivity contribution in [1.29, 1.82) is 0 Å². The smallest absolute Gasteiger partial charge is 0.312 e. The molecule has 156 valence electrons. The third-order valence-corrected chi connectivity index (χ3v) is 6.83. The first-order chi connectivity index (χ1) is 14.6. The molecule has 30 heavy (non-hydrogen) atoms. The van der Waals surface area contributed by atoms with Crippen LogP contribution >= 0.6 is 11.8 Å². The van der Waals surface area contributed by atoms with Crippen LogP contribution in [-0.4, -0.2) is 15.7 Å². The van der Waals surface area contributed by atoms with E-state index in [1.54, 1.807) is 16.4 Å². The zero-order valence-corrected chi connectivity index (χ0v) is 18.5. The molecule has 0 spiro atoms. The SMILES string of the molecule is Cc1ccc(Sc2c(C)nn(-c3ccccc3)c2OC(=O)CCC2CCCC2)cc1. The molecule has 0 saturated heterocycles. The number of rotatable bonds is 7. The molecule has 4 nitrogen and oxygen atoms in total. The Balaban J connectivity index is 1.60. The zero-order chi connectivity index (χ0) is 20.9. The fourth-order valence-corrected chi connectivity index (χ4v) is 4.86. The van der Waals surface area contributed by atoms with Gasteiger partial charge in [0.15, 0.2) is 0 Å². The average molecular weight is 421 g/mol. The van der Waals surface area contributed by atoms with Gasteiger partial charge in [0.2, 0.25) is 5.88 Å². The second-order valence-electron chi connectivity index (χ2n) is 8.05. The molecule has 1 saturated carbocycles. The highest BCUT2D eigenvalue weighted by Gasteiger charge is 2.23. The van der Waals surface area contributed by atoms with Gasteiger partial charge in [0.25, 0.3) is 0 Å². The molecule has 5 heteroatoms. The van der Waals surface area contributed by atoms with Crippen LogP contribution in [0.4, 0.5) is 0 Å². The van der Waals surface area contributed by atoms with Gasteiger partial charge in [-0.2, -0.15) is 9.78 Å². The highest BCUT2D eigenvalue weighted by molar-refractivity contribution is 7.99. The first kappa shape index (κ1) is 20.7. The number of benzene rings is 2. The second-order valence-corrected chi connectivity index (χ2v) is 9.13. The Morgan fingerprint density at radius 1 is 1.07 bits per heavy atom. The summed E-state index contributed by atoms with van der Waals surface area (Å²) in [5, 5.41) is 4.70. The lowest BCUT2D eigenvalue weighted by Gasteiger charge is -2.12. The van der Waals surface area contributed by atoms with Crippen LogP contribution in [0.3, 0.4) is 0 Å². The highest BCUT2D eigenvalue weighted by atomic mass is 32.2. The van der Waals surface area contributed by atoms with Gasteiger partial charge in [0.1, 0.15) is 0 Å². The Morgan fingerprint density at radius 2 is 1.77 bits per heavy atom. The normalized spacial score (nSPS) is 14.2. The van der Waals surface area contributed by atoms with E-state index in [4.69, 9.17) is 9.84 Å². The van der Waals surface area contributed by atoms with Crippen LogP contribution < -0.4 is 4.74 Å². The molecule has 1 fully saturated rings. The topological polar surface area (TPSA) is 44.1 Å². The number of nitrogens with zero attached hydrogens (tertiary/aromatic N) is 2. The summed E-state index contributed by atoms with van der Waals surface area (Å²) in [7, 11) is 0. The molecule has 4 rings (SSSR count). The van der Waals surface area contributed by atoms with Crippen LogP contribution in [0.2, 0.25) is 0 Å². The summed E-state index contributed by atoms with van der Waals surface area (Å²) in [6.45, 7) is 4.04. The van der Waals surface area contributed by atoms with Gasteiger partial charge >= 0.3 is 5.97 Å². The van der Waals surface area contributed by atoms with E-state index >= 15 is 0 Å². The van der Waals surface area contributed by atoms with Gasteiger partial charge in [-0.3, -0.25) is 4.79 Å². The van der Waals surface area contributed by atoms with E-state index in [-0.39, 0.29) is 5.97 Å². The maximum atomic E-state index is 12.7. The number of aryl methyl sites for hydroxylation is 2. The molecule has 2 aromatic carbocycles. The number of hydrogen-bond acceptors (Lipinski definition) is 4. The number of aromatic nitrogens is 2. The van der Waals surface area contributed by atoms with Gasteiger partial charge < -0.3 is 4.74 Å². The molecule has 0 radical (unpaired) electrons. The van der Waals surface area contributed by atoms with E-state index in [0.29, 0.717) is 18.2 Å². The number of ether oxygens (including phenoxy) is 1. The van der Waals surface area contributed by atoms with Crippen molar-refractivity contribution in [3.8, 4) is 11.6 Å². The molecule has 0 unspecified atom stereocenters. The van der Waals surface area contributed by atoms with E-state index in [1.165, 1.54) is 31.2 Å². The first-order valence-corrected chi connectivity index (χ1v) is 11.5. The number of carbonyl (C=O) groups is 1. The van der Waals surface area contributed by atoms with Crippen molar-refractivity contribution >= 4 is 17.7 Å². The average Bonchev–Trinajstić information content (AvgIpc) is 3.38. The molecule has 0 amide bonds. The summed E-state index contributed by atoms with van der Waals surface area (Å²) in [5.41, 5.74) is 2.95. The molecular formula is C25H28N2O2S. The molecule has 0 bridgehead atoms. The summed E-state index contributed by atoms with van der Waals surface area (Å²) >= 11 is 1.59. The lowest BCUT2D eigenvalue weighted by Crippen LogP contribution is -2.13. The zero-order valence-electron chi connectivity index (χ0n) is 17.6. The number of carbonyl (C=O) groups excluding carboxylic acids is 1. The van der Waals surface area contributed by atoms with Gasteiger partial charge in [0.05, 0.1) is 16.3 Å².